The SMILES string of the molecule is CCc1nc(CC(=O)N2CCN(S(=O)(=O)c3cc([N+](=O)[O-])ccc3C)CC2)cs1. The Labute approximate surface area is 173 Å². The molecule has 11 heteroatoms. The van der Waals surface area contributed by atoms with Crippen LogP contribution in [0.25, 0.3) is 0 Å². The van der Waals surface area contributed by atoms with Crippen LogP contribution >= 0.6 is 11.3 Å². The highest BCUT2D eigenvalue weighted by Crippen LogP contribution is 2.25. The van der Waals surface area contributed by atoms with Crippen LogP contribution in [0, 0.1) is 17.0 Å². The molecular formula is C18H22N4O5S2. The molecule has 0 atom stereocenters. The molecule has 2 heterocycles. The number of hydrogen-bond donors (Lipinski definition) is 0. The van der Waals surface area contributed by atoms with Gasteiger partial charge in [-0.2, -0.15) is 4.31 Å². The molecule has 1 saturated heterocycles. The summed E-state index contributed by atoms with van der Waals surface area (Å²) in [6.07, 6.45) is 1.03. The third-order valence-electron chi connectivity index (χ3n) is 4.83. The summed E-state index contributed by atoms with van der Waals surface area (Å²) in [5.74, 6) is -0.0819. The van der Waals surface area contributed by atoms with Crippen LogP contribution in [-0.2, 0) is 27.7 Å². The predicted octanol–water partition coefficient (Wildman–Crippen LogP) is 2.00. The van der Waals surface area contributed by atoms with Gasteiger partial charge in [-0.05, 0) is 18.9 Å². The minimum Gasteiger partial charge on any atom is -0.340 e. The highest BCUT2D eigenvalue weighted by molar-refractivity contribution is 7.89. The standard InChI is InChI=1S/C18H22N4O5S2/c1-3-17-19-14(12-28-17)10-18(23)20-6-8-21(9-7-20)29(26,27)16-11-15(22(24)25)5-4-13(16)2/h4-5,11-12H,3,6-10H2,1-2H3. The largest absolute Gasteiger partial charge is 0.340 e. The van der Waals surface area contributed by atoms with E-state index < -0.39 is 14.9 Å². The number of non-ortho nitro benzene ring substituents is 1. The van der Waals surface area contributed by atoms with E-state index in [0.29, 0.717) is 5.56 Å². The van der Waals surface area contributed by atoms with Crippen molar-refractivity contribution in [3.8, 4) is 0 Å². The zero-order valence-corrected chi connectivity index (χ0v) is 17.8. The van der Waals surface area contributed by atoms with Gasteiger partial charge < -0.3 is 4.90 Å². The van der Waals surface area contributed by atoms with E-state index in [2.05, 4.69) is 4.98 Å². The number of hydrogen-bond acceptors (Lipinski definition) is 7. The van der Waals surface area contributed by atoms with E-state index in [1.807, 2.05) is 12.3 Å². The number of nitro groups is 1. The molecule has 0 bridgehead atoms. The molecule has 1 aliphatic heterocycles. The predicted molar refractivity (Wildman–Crippen MR) is 108 cm³/mol. The Kier molecular flexibility index (Phi) is 6.30. The number of nitrogens with zero attached hydrogens (tertiary/aromatic N) is 4. The molecule has 9 nitrogen and oxygen atoms in total. The van der Waals surface area contributed by atoms with Gasteiger partial charge in [0.1, 0.15) is 0 Å². The first-order valence-corrected chi connectivity index (χ1v) is 11.5. The number of amides is 1. The number of aryl methyl sites for hydroxylation is 2. The second-order valence-electron chi connectivity index (χ2n) is 6.75. The van der Waals surface area contributed by atoms with Crippen molar-refractivity contribution < 1.29 is 18.1 Å². The Morgan fingerprint density at radius 3 is 2.55 bits per heavy atom. The number of carbonyl (C=O) groups is 1. The van der Waals surface area contributed by atoms with Crippen molar-refractivity contribution >= 4 is 33.0 Å². The fraction of sp³-hybridized carbons (Fsp3) is 0.444. The Bertz CT molecular complexity index is 1030. The van der Waals surface area contributed by atoms with E-state index in [9.17, 15) is 23.3 Å². The van der Waals surface area contributed by atoms with E-state index in [-0.39, 0.29) is 49.1 Å². The molecular weight excluding hydrogens is 416 g/mol. The van der Waals surface area contributed by atoms with Crippen molar-refractivity contribution in [1.82, 2.24) is 14.2 Å². The second kappa shape index (κ2) is 8.56. The lowest BCUT2D eigenvalue weighted by atomic mass is 10.2. The molecule has 0 saturated carbocycles. The summed E-state index contributed by atoms with van der Waals surface area (Å²) in [4.78, 5) is 28.9. The summed E-state index contributed by atoms with van der Waals surface area (Å²) < 4.78 is 27.2. The zero-order valence-electron chi connectivity index (χ0n) is 16.2. The lowest BCUT2D eigenvalue weighted by molar-refractivity contribution is -0.385. The molecule has 0 radical (unpaired) electrons. The number of aromatic nitrogens is 1. The monoisotopic (exact) mass is 438 g/mol. The summed E-state index contributed by atoms with van der Waals surface area (Å²) in [5.41, 5.74) is 0.918. The van der Waals surface area contributed by atoms with E-state index in [1.165, 1.54) is 27.8 Å². The van der Waals surface area contributed by atoms with Gasteiger partial charge in [0.05, 0.1) is 26.9 Å². The van der Waals surface area contributed by atoms with Crippen LogP contribution in [0.3, 0.4) is 0 Å². The molecule has 2 aromatic rings. The number of benzene rings is 1. The maximum atomic E-state index is 13.0. The highest BCUT2D eigenvalue weighted by atomic mass is 32.2. The topological polar surface area (TPSA) is 114 Å². The Balaban J connectivity index is 1.67. The summed E-state index contributed by atoms with van der Waals surface area (Å²) in [6, 6.07) is 3.81. The van der Waals surface area contributed by atoms with Gasteiger partial charge in [-0.25, -0.2) is 13.4 Å². The average molecular weight is 439 g/mol. The van der Waals surface area contributed by atoms with Gasteiger partial charge in [-0.1, -0.05) is 13.0 Å². The normalized spacial score (nSPS) is 15.4. The average Bonchev–Trinajstić information content (AvgIpc) is 3.15. The molecule has 1 aromatic carbocycles. The Morgan fingerprint density at radius 1 is 1.28 bits per heavy atom. The molecule has 156 valence electrons. The number of carbonyl (C=O) groups excluding carboxylic acids is 1. The minimum atomic E-state index is -3.88. The fourth-order valence-electron chi connectivity index (χ4n) is 3.16. The summed E-state index contributed by atoms with van der Waals surface area (Å²) in [7, 11) is -3.88. The van der Waals surface area contributed by atoms with Crippen molar-refractivity contribution in [1.29, 1.82) is 0 Å². The lowest BCUT2D eigenvalue weighted by Crippen LogP contribution is -2.51. The van der Waals surface area contributed by atoms with Crippen LogP contribution < -0.4 is 0 Å². The van der Waals surface area contributed by atoms with Crippen molar-refractivity contribution in [2.45, 2.75) is 31.6 Å². The number of sulfonamides is 1. The number of nitro benzene ring substituents is 1. The lowest BCUT2D eigenvalue weighted by Gasteiger charge is -2.34. The quantitative estimate of drug-likeness (QED) is 0.503. The molecule has 0 N–H and O–H groups in total. The number of piperazine rings is 1. The Morgan fingerprint density at radius 2 is 1.97 bits per heavy atom. The summed E-state index contributed by atoms with van der Waals surface area (Å²) >= 11 is 1.53. The van der Waals surface area contributed by atoms with Gasteiger partial charge in [0.15, 0.2) is 0 Å². The van der Waals surface area contributed by atoms with Gasteiger partial charge in [-0.15, -0.1) is 11.3 Å². The third kappa shape index (κ3) is 4.62. The number of thiazole rings is 1. The maximum Gasteiger partial charge on any atom is 0.270 e. The van der Waals surface area contributed by atoms with Gasteiger partial charge in [0.25, 0.3) is 5.69 Å². The first-order valence-electron chi connectivity index (χ1n) is 9.18. The molecule has 1 aliphatic rings. The maximum absolute atomic E-state index is 13.0. The van der Waals surface area contributed by atoms with E-state index in [1.54, 1.807) is 11.8 Å². The molecule has 1 amide bonds. The smallest absolute Gasteiger partial charge is 0.270 e. The second-order valence-corrected chi connectivity index (χ2v) is 9.60. The van der Waals surface area contributed by atoms with Gasteiger partial charge >= 0.3 is 0 Å². The number of rotatable bonds is 6. The van der Waals surface area contributed by atoms with E-state index >= 15 is 0 Å². The molecule has 0 aliphatic carbocycles. The van der Waals surface area contributed by atoms with Crippen LogP contribution in [0.15, 0.2) is 28.5 Å². The first kappa shape index (κ1) is 21.3. The zero-order chi connectivity index (χ0) is 21.2. The van der Waals surface area contributed by atoms with Crippen LogP contribution in [0.4, 0.5) is 5.69 Å². The van der Waals surface area contributed by atoms with E-state index in [0.717, 1.165) is 23.2 Å². The van der Waals surface area contributed by atoms with Gasteiger partial charge in [-0.3, -0.25) is 14.9 Å². The summed E-state index contributed by atoms with van der Waals surface area (Å²) in [6.45, 7) is 4.45. The van der Waals surface area contributed by atoms with Gasteiger partial charge in [0.2, 0.25) is 15.9 Å². The Hall–Kier alpha value is -2.37. The van der Waals surface area contributed by atoms with E-state index in [4.69, 9.17) is 0 Å². The van der Waals surface area contributed by atoms with Crippen LogP contribution in [0.1, 0.15) is 23.2 Å². The first-order chi connectivity index (χ1) is 13.7. The molecule has 3 rings (SSSR count). The van der Waals surface area contributed by atoms with Crippen LogP contribution in [0.2, 0.25) is 0 Å². The van der Waals surface area contributed by atoms with Crippen molar-refractivity contribution in [3.05, 3.63) is 50.0 Å². The molecule has 1 aromatic heterocycles. The molecule has 0 unspecified atom stereocenters. The molecule has 29 heavy (non-hydrogen) atoms. The van der Waals surface area contributed by atoms with Crippen molar-refractivity contribution in [3.63, 3.8) is 0 Å². The summed E-state index contributed by atoms with van der Waals surface area (Å²) in [5, 5.41) is 13.9. The van der Waals surface area contributed by atoms with Crippen molar-refractivity contribution in [2.24, 2.45) is 0 Å². The van der Waals surface area contributed by atoms with Crippen LogP contribution in [-0.4, -0.2) is 59.6 Å². The fourth-order valence-corrected chi connectivity index (χ4v) is 5.57. The molecule has 0 spiro atoms. The molecule has 1 fully saturated rings. The minimum absolute atomic E-state index is 0.0685. The van der Waals surface area contributed by atoms with Crippen molar-refractivity contribution in [2.75, 3.05) is 26.2 Å². The van der Waals surface area contributed by atoms with Crippen LogP contribution in [0.5, 0.6) is 0 Å². The highest BCUT2D eigenvalue weighted by Gasteiger charge is 2.32. The third-order valence-corrected chi connectivity index (χ3v) is 7.91. The van der Waals surface area contributed by atoms with Gasteiger partial charge in [0, 0.05) is 43.7 Å².